The van der Waals surface area contributed by atoms with Crippen LogP contribution in [0.4, 0.5) is 0 Å². The molecule has 6 nitrogen and oxygen atoms in total. The third-order valence-corrected chi connectivity index (χ3v) is 5.40. The molecule has 0 fully saturated rings. The minimum absolute atomic E-state index is 0.0189. The van der Waals surface area contributed by atoms with E-state index in [1.165, 1.54) is 11.8 Å². The second-order valence-corrected chi connectivity index (χ2v) is 7.56. The van der Waals surface area contributed by atoms with Gasteiger partial charge in [0.15, 0.2) is 5.16 Å². The van der Waals surface area contributed by atoms with Crippen molar-refractivity contribution in [1.29, 1.82) is 5.26 Å². The van der Waals surface area contributed by atoms with Crippen molar-refractivity contribution < 1.29 is 9.47 Å². The van der Waals surface area contributed by atoms with E-state index in [4.69, 9.17) is 9.47 Å². The fraction of sp³-hybridized carbons (Fsp3) is 0.150. The molecule has 0 atom stereocenters. The molecular formula is C20H16BrN3O3S. The highest BCUT2D eigenvalue weighted by Gasteiger charge is 2.14. The van der Waals surface area contributed by atoms with E-state index in [0.29, 0.717) is 27.9 Å². The summed E-state index contributed by atoms with van der Waals surface area (Å²) in [5, 5.41) is 9.82. The highest BCUT2D eigenvalue weighted by molar-refractivity contribution is 9.10. The summed E-state index contributed by atoms with van der Waals surface area (Å²) in [4.78, 5) is 19.6. The van der Waals surface area contributed by atoms with Crippen molar-refractivity contribution in [2.75, 3.05) is 14.2 Å². The molecule has 0 unspecified atom stereocenters. The molecular weight excluding hydrogens is 442 g/mol. The van der Waals surface area contributed by atoms with Crippen molar-refractivity contribution >= 4 is 27.7 Å². The van der Waals surface area contributed by atoms with Crippen LogP contribution in [0.25, 0.3) is 11.3 Å². The number of nitriles is 1. The van der Waals surface area contributed by atoms with Gasteiger partial charge < -0.3 is 14.5 Å². The molecule has 0 saturated heterocycles. The maximum atomic E-state index is 12.4. The van der Waals surface area contributed by atoms with Crippen LogP contribution in [0.5, 0.6) is 11.5 Å². The number of aromatic amines is 1. The minimum atomic E-state index is -0.466. The van der Waals surface area contributed by atoms with Gasteiger partial charge in [-0.1, -0.05) is 27.7 Å². The topological polar surface area (TPSA) is 88.0 Å². The lowest BCUT2D eigenvalue weighted by molar-refractivity contribution is 0.411. The Bertz CT molecular complexity index is 1090. The number of benzene rings is 2. The third-order valence-electron chi connectivity index (χ3n) is 3.98. The number of aromatic nitrogens is 2. The molecule has 0 aliphatic rings. The first-order valence-electron chi connectivity index (χ1n) is 8.19. The van der Waals surface area contributed by atoms with Crippen LogP contribution >= 0.6 is 27.7 Å². The second-order valence-electron chi connectivity index (χ2n) is 5.68. The summed E-state index contributed by atoms with van der Waals surface area (Å²) in [6, 6.07) is 14.7. The lowest BCUT2D eigenvalue weighted by Crippen LogP contribution is -2.14. The molecule has 0 bridgehead atoms. The number of methoxy groups -OCH3 is 2. The van der Waals surface area contributed by atoms with E-state index in [1.807, 2.05) is 24.3 Å². The molecule has 142 valence electrons. The SMILES string of the molecule is COc1ccc(-c2nc(SCc3cc(Br)ccc3OC)[nH]c(=O)c2C#N)cc1. The van der Waals surface area contributed by atoms with E-state index in [-0.39, 0.29) is 5.56 Å². The van der Waals surface area contributed by atoms with Crippen LogP contribution in [0.3, 0.4) is 0 Å². The summed E-state index contributed by atoms with van der Waals surface area (Å²) in [7, 11) is 3.19. The van der Waals surface area contributed by atoms with Gasteiger partial charge in [-0.15, -0.1) is 0 Å². The Kier molecular flexibility index (Phi) is 6.39. The average molecular weight is 458 g/mol. The highest BCUT2D eigenvalue weighted by atomic mass is 79.9. The number of rotatable bonds is 6. The number of hydrogen-bond donors (Lipinski definition) is 1. The first kappa shape index (κ1) is 20.0. The van der Waals surface area contributed by atoms with E-state index in [9.17, 15) is 10.1 Å². The molecule has 1 N–H and O–H groups in total. The fourth-order valence-electron chi connectivity index (χ4n) is 2.59. The van der Waals surface area contributed by atoms with Crippen molar-refractivity contribution in [3.8, 4) is 28.8 Å². The van der Waals surface area contributed by atoms with Gasteiger partial charge in [0, 0.05) is 21.4 Å². The maximum absolute atomic E-state index is 12.4. The van der Waals surface area contributed by atoms with Crippen molar-refractivity contribution in [3.05, 3.63) is 68.4 Å². The molecule has 3 rings (SSSR count). The van der Waals surface area contributed by atoms with Crippen molar-refractivity contribution in [1.82, 2.24) is 9.97 Å². The zero-order valence-corrected chi connectivity index (χ0v) is 17.6. The molecule has 28 heavy (non-hydrogen) atoms. The summed E-state index contributed by atoms with van der Waals surface area (Å²) in [6.45, 7) is 0. The predicted octanol–water partition coefficient (Wildman–Crippen LogP) is 4.38. The lowest BCUT2D eigenvalue weighted by atomic mass is 10.1. The van der Waals surface area contributed by atoms with E-state index >= 15 is 0 Å². The van der Waals surface area contributed by atoms with Crippen LogP contribution in [-0.4, -0.2) is 24.2 Å². The molecule has 2 aromatic carbocycles. The monoisotopic (exact) mass is 457 g/mol. The van der Waals surface area contributed by atoms with E-state index in [1.54, 1.807) is 38.5 Å². The molecule has 0 aliphatic heterocycles. The largest absolute Gasteiger partial charge is 0.497 e. The molecule has 0 amide bonds. The molecule has 0 aliphatic carbocycles. The van der Waals surface area contributed by atoms with E-state index < -0.39 is 5.56 Å². The van der Waals surface area contributed by atoms with Crippen LogP contribution in [0.2, 0.25) is 0 Å². The van der Waals surface area contributed by atoms with E-state index in [2.05, 4.69) is 25.9 Å². The predicted molar refractivity (Wildman–Crippen MR) is 112 cm³/mol. The quantitative estimate of drug-likeness (QED) is 0.436. The third kappa shape index (κ3) is 4.38. The molecule has 0 radical (unpaired) electrons. The van der Waals surface area contributed by atoms with Crippen molar-refractivity contribution in [3.63, 3.8) is 0 Å². The molecule has 3 aromatic rings. The normalized spacial score (nSPS) is 10.4. The van der Waals surface area contributed by atoms with Crippen LogP contribution in [-0.2, 0) is 5.75 Å². The second kappa shape index (κ2) is 8.95. The Morgan fingerprint density at radius 1 is 1.18 bits per heavy atom. The summed E-state index contributed by atoms with van der Waals surface area (Å²) in [5.41, 5.74) is 1.49. The van der Waals surface area contributed by atoms with Crippen LogP contribution in [0.1, 0.15) is 11.1 Å². The number of thioether (sulfide) groups is 1. The van der Waals surface area contributed by atoms with Gasteiger partial charge in [0.1, 0.15) is 23.1 Å². The Balaban J connectivity index is 1.95. The summed E-state index contributed by atoms with van der Waals surface area (Å²) < 4.78 is 11.5. The Hall–Kier alpha value is -2.76. The zero-order chi connectivity index (χ0) is 20.1. The number of nitrogens with one attached hydrogen (secondary N) is 1. The summed E-state index contributed by atoms with van der Waals surface area (Å²) in [6.07, 6.45) is 0. The Morgan fingerprint density at radius 2 is 1.93 bits per heavy atom. The van der Waals surface area contributed by atoms with Crippen molar-refractivity contribution in [2.24, 2.45) is 0 Å². The van der Waals surface area contributed by atoms with Crippen LogP contribution in [0.15, 0.2) is 56.9 Å². The molecule has 0 saturated carbocycles. The molecule has 0 spiro atoms. The van der Waals surface area contributed by atoms with Crippen LogP contribution in [0, 0.1) is 11.3 Å². The number of halogens is 1. The van der Waals surface area contributed by atoms with Crippen molar-refractivity contribution in [2.45, 2.75) is 10.9 Å². The fourth-order valence-corrected chi connectivity index (χ4v) is 3.84. The van der Waals surface area contributed by atoms with Gasteiger partial charge in [-0.05, 0) is 42.5 Å². The number of nitrogens with zero attached hydrogens (tertiary/aromatic N) is 2. The Labute approximate surface area is 174 Å². The van der Waals surface area contributed by atoms with Gasteiger partial charge in [-0.3, -0.25) is 4.79 Å². The lowest BCUT2D eigenvalue weighted by Gasteiger charge is -2.10. The smallest absolute Gasteiger partial charge is 0.270 e. The van der Waals surface area contributed by atoms with Crippen LogP contribution < -0.4 is 15.0 Å². The maximum Gasteiger partial charge on any atom is 0.270 e. The van der Waals surface area contributed by atoms with E-state index in [0.717, 1.165) is 15.8 Å². The van der Waals surface area contributed by atoms with Gasteiger partial charge in [0.05, 0.1) is 19.9 Å². The molecule has 1 heterocycles. The molecule has 8 heteroatoms. The first-order chi connectivity index (χ1) is 13.5. The highest BCUT2D eigenvalue weighted by Crippen LogP contribution is 2.30. The first-order valence-corrected chi connectivity index (χ1v) is 9.97. The number of hydrogen-bond acceptors (Lipinski definition) is 6. The van der Waals surface area contributed by atoms with Gasteiger partial charge in [-0.2, -0.15) is 5.26 Å². The Morgan fingerprint density at radius 3 is 2.57 bits per heavy atom. The zero-order valence-electron chi connectivity index (χ0n) is 15.2. The average Bonchev–Trinajstić information content (AvgIpc) is 2.72. The molecule has 1 aromatic heterocycles. The van der Waals surface area contributed by atoms with Gasteiger partial charge in [-0.25, -0.2) is 4.98 Å². The van der Waals surface area contributed by atoms with Gasteiger partial charge >= 0.3 is 0 Å². The number of ether oxygens (including phenoxy) is 2. The number of H-pyrrole nitrogens is 1. The van der Waals surface area contributed by atoms with Gasteiger partial charge in [0.25, 0.3) is 5.56 Å². The summed E-state index contributed by atoms with van der Waals surface area (Å²) >= 11 is 4.81. The standard InChI is InChI=1S/C20H16BrN3O3S/c1-26-15-6-3-12(4-7-15)18-16(10-22)19(25)24-20(23-18)28-11-13-9-14(21)5-8-17(13)27-2/h3-9H,11H2,1-2H3,(H,23,24,25). The van der Waals surface area contributed by atoms with Gasteiger partial charge in [0.2, 0.25) is 0 Å². The minimum Gasteiger partial charge on any atom is -0.497 e. The summed E-state index contributed by atoms with van der Waals surface area (Å²) in [5.74, 6) is 1.98.